The monoisotopic (exact) mass is 412 g/mol. The third-order valence-corrected chi connectivity index (χ3v) is 6.96. The van der Waals surface area contributed by atoms with Gasteiger partial charge in [-0.3, -0.25) is 4.79 Å². The maximum Gasteiger partial charge on any atom is 0.242 e. The molecule has 1 amide bonds. The zero-order valence-electron chi connectivity index (χ0n) is 17.3. The molecule has 0 saturated carbocycles. The summed E-state index contributed by atoms with van der Waals surface area (Å²) in [6.45, 7) is 4.83. The van der Waals surface area contributed by atoms with Crippen molar-refractivity contribution in [3.8, 4) is 0 Å². The van der Waals surface area contributed by atoms with Crippen LogP contribution in [0.3, 0.4) is 0 Å². The molecule has 2 aromatic carbocycles. The number of unbranched alkanes of at least 4 members (excludes halogenated alkanes) is 1. The molecule has 154 valence electrons. The standard InChI is InChI=1S/C23H28N2O3S/c1-4-5-14-24(3)23(26)16-25-15-22(20-12-8-9-13-21(20)25)29(27,28)17-19-11-7-6-10-18(19)2/h6-13,15H,4-5,14,16-17H2,1-3H3. The van der Waals surface area contributed by atoms with E-state index >= 15 is 0 Å². The first kappa shape index (κ1) is 21.1. The fourth-order valence-corrected chi connectivity index (χ4v) is 5.12. The van der Waals surface area contributed by atoms with E-state index in [1.165, 1.54) is 0 Å². The average molecular weight is 413 g/mol. The first-order chi connectivity index (χ1) is 13.8. The molecule has 0 N–H and O–H groups in total. The van der Waals surface area contributed by atoms with Crippen LogP contribution in [0.25, 0.3) is 10.9 Å². The minimum absolute atomic E-state index is 0.0259. The molecule has 6 heteroatoms. The zero-order valence-corrected chi connectivity index (χ0v) is 18.1. The zero-order chi connectivity index (χ0) is 21.0. The average Bonchev–Trinajstić information content (AvgIpc) is 3.07. The van der Waals surface area contributed by atoms with Gasteiger partial charge in [0, 0.05) is 30.7 Å². The summed E-state index contributed by atoms with van der Waals surface area (Å²) in [6.07, 6.45) is 3.58. The highest BCUT2D eigenvalue weighted by Gasteiger charge is 2.23. The summed E-state index contributed by atoms with van der Waals surface area (Å²) in [5.74, 6) is -0.0834. The van der Waals surface area contributed by atoms with Crippen LogP contribution in [0.5, 0.6) is 0 Å². The number of aromatic nitrogens is 1. The van der Waals surface area contributed by atoms with E-state index in [9.17, 15) is 13.2 Å². The molecule has 0 atom stereocenters. The Kier molecular flexibility index (Phi) is 6.42. The number of likely N-dealkylation sites (N-methyl/N-ethyl adjacent to an activating group) is 1. The van der Waals surface area contributed by atoms with Gasteiger partial charge in [-0.2, -0.15) is 0 Å². The molecule has 0 bridgehead atoms. The summed E-state index contributed by atoms with van der Waals surface area (Å²) in [5, 5.41) is 0.657. The van der Waals surface area contributed by atoms with Crippen molar-refractivity contribution >= 4 is 26.6 Å². The minimum atomic E-state index is -3.56. The number of para-hydroxylation sites is 1. The maximum absolute atomic E-state index is 13.2. The van der Waals surface area contributed by atoms with Crippen molar-refractivity contribution in [3.63, 3.8) is 0 Å². The number of amides is 1. The van der Waals surface area contributed by atoms with E-state index in [2.05, 4.69) is 6.92 Å². The molecule has 0 fully saturated rings. The van der Waals surface area contributed by atoms with E-state index in [1.807, 2.05) is 55.5 Å². The smallest absolute Gasteiger partial charge is 0.242 e. The van der Waals surface area contributed by atoms with Crippen LogP contribution in [0.4, 0.5) is 0 Å². The molecule has 0 aliphatic heterocycles. The minimum Gasteiger partial charge on any atom is -0.344 e. The van der Waals surface area contributed by atoms with Gasteiger partial charge in [0.15, 0.2) is 9.84 Å². The number of nitrogens with zero attached hydrogens (tertiary/aromatic N) is 2. The van der Waals surface area contributed by atoms with Crippen molar-refractivity contribution in [1.82, 2.24) is 9.47 Å². The number of fused-ring (bicyclic) bond motifs is 1. The second-order valence-corrected chi connectivity index (χ2v) is 9.45. The predicted octanol–water partition coefficient (Wildman–Crippen LogP) is 4.18. The Balaban J connectivity index is 1.95. The largest absolute Gasteiger partial charge is 0.344 e. The quantitative estimate of drug-likeness (QED) is 0.558. The molecule has 0 radical (unpaired) electrons. The molecule has 0 aliphatic rings. The summed E-state index contributed by atoms with van der Waals surface area (Å²) in [6, 6.07) is 14.9. The van der Waals surface area contributed by atoms with Crippen molar-refractivity contribution in [2.45, 2.75) is 43.9 Å². The highest BCUT2D eigenvalue weighted by molar-refractivity contribution is 7.90. The normalized spacial score (nSPS) is 11.7. The number of carbonyl (C=O) groups excluding carboxylic acids is 1. The lowest BCUT2D eigenvalue weighted by Gasteiger charge is -2.17. The van der Waals surface area contributed by atoms with Crippen molar-refractivity contribution in [2.75, 3.05) is 13.6 Å². The molecular weight excluding hydrogens is 384 g/mol. The van der Waals surface area contributed by atoms with E-state index < -0.39 is 9.84 Å². The van der Waals surface area contributed by atoms with Gasteiger partial charge in [-0.1, -0.05) is 55.8 Å². The molecule has 1 aromatic heterocycles. The van der Waals surface area contributed by atoms with Crippen LogP contribution in [0, 0.1) is 6.92 Å². The second-order valence-electron chi connectivity index (χ2n) is 7.49. The molecular formula is C23H28N2O3S. The van der Waals surface area contributed by atoms with Crippen molar-refractivity contribution in [1.29, 1.82) is 0 Å². The van der Waals surface area contributed by atoms with Gasteiger partial charge in [-0.15, -0.1) is 0 Å². The van der Waals surface area contributed by atoms with Crippen LogP contribution < -0.4 is 0 Å². The lowest BCUT2D eigenvalue weighted by Crippen LogP contribution is -2.30. The summed E-state index contributed by atoms with van der Waals surface area (Å²) in [4.78, 5) is 14.6. The Labute approximate surface area is 172 Å². The number of hydrogen-bond acceptors (Lipinski definition) is 3. The van der Waals surface area contributed by atoms with Crippen LogP contribution in [0.1, 0.15) is 30.9 Å². The van der Waals surface area contributed by atoms with Crippen molar-refractivity contribution in [3.05, 3.63) is 65.9 Å². The van der Waals surface area contributed by atoms with Gasteiger partial charge in [0.25, 0.3) is 0 Å². The van der Waals surface area contributed by atoms with E-state index in [0.29, 0.717) is 11.9 Å². The lowest BCUT2D eigenvalue weighted by atomic mass is 10.1. The summed E-state index contributed by atoms with van der Waals surface area (Å²) >= 11 is 0. The highest BCUT2D eigenvalue weighted by Crippen LogP contribution is 2.28. The van der Waals surface area contributed by atoms with Crippen LogP contribution in [0.15, 0.2) is 59.6 Å². The molecule has 0 saturated heterocycles. The molecule has 1 heterocycles. The van der Waals surface area contributed by atoms with E-state index in [1.54, 1.807) is 22.7 Å². The molecule has 0 spiro atoms. The maximum atomic E-state index is 13.2. The van der Waals surface area contributed by atoms with Crippen LogP contribution >= 0.6 is 0 Å². The fourth-order valence-electron chi connectivity index (χ4n) is 3.43. The van der Waals surface area contributed by atoms with Gasteiger partial charge in [-0.05, 0) is 30.5 Å². The molecule has 0 aliphatic carbocycles. The van der Waals surface area contributed by atoms with Gasteiger partial charge in [0.05, 0.1) is 10.6 Å². The van der Waals surface area contributed by atoms with Crippen LogP contribution in [0.2, 0.25) is 0 Å². The van der Waals surface area contributed by atoms with E-state index in [0.717, 1.165) is 29.5 Å². The number of aryl methyl sites for hydroxylation is 1. The van der Waals surface area contributed by atoms with Gasteiger partial charge in [0.2, 0.25) is 5.91 Å². The van der Waals surface area contributed by atoms with Crippen LogP contribution in [-0.2, 0) is 26.9 Å². The topological polar surface area (TPSA) is 59.4 Å². The first-order valence-electron chi connectivity index (χ1n) is 9.92. The Morgan fingerprint density at radius 3 is 2.48 bits per heavy atom. The second kappa shape index (κ2) is 8.82. The summed E-state index contributed by atoms with van der Waals surface area (Å²) in [7, 11) is -1.77. The molecule has 0 unspecified atom stereocenters. The van der Waals surface area contributed by atoms with Crippen molar-refractivity contribution < 1.29 is 13.2 Å². The molecule has 3 rings (SSSR count). The van der Waals surface area contributed by atoms with Crippen LogP contribution in [-0.4, -0.2) is 37.4 Å². The summed E-state index contributed by atoms with van der Waals surface area (Å²) < 4.78 is 28.2. The third-order valence-electron chi connectivity index (χ3n) is 5.27. The lowest BCUT2D eigenvalue weighted by molar-refractivity contribution is -0.130. The number of benzene rings is 2. The number of rotatable bonds is 8. The Hall–Kier alpha value is -2.60. The van der Waals surface area contributed by atoms with E-state index in [-0.39, 0.29) is 23.1 Å². The first-order valence-corrected chi connectivity index (χ1v) is 11.6. The molecule has 5 nitrogen and oxygen atoms in total. The SMILES string of the molecule is CCCCN(C)C(=O)Cn1cc(S(=O)(=O)Cc2ccccc2C)c2ccccc21. The number of carbonyl (C=O) groups is 1. The Morgan fingerprint density at radius 2 is 1.76 bits per heavy atom. The number of sulfone groups is 1. The third kappa shape index (κ3) is 4.70. The van der Waals surface area contributed by atoms with E-state index in [4.69, 9.17) is 0 Å². The number of hydrogen-bond donors (Lipinski definition) is 0. The summed E-state index contributed by atoms with van der Waals surface area (Å²) in [5.41, 5.74) is 2.50. The van der Waals surface area contributed by atoms with Crippen molar-refractivity contribution in [2.24, 2.45) is 0 Å². The van der Waals surface area contributed by atoms with Gasteiger partial charge < -0.3 is 9.47 Å². The highest BCUT2D eigenvalue weighted by atomic mass is 32.2. The Bertz CT molecular complexity index is 1120. The van der Waals surface area contributed by atoms with Gasteiger partial charge in [-0.25, -0.2) is 8.42 Å². The Morgan fingerprint density at radius 1 is 1.07 bits per heavy atom. The predicted molar refractivity (Wildman–Crippen MR) is 117 cm³/mol. The van der Waals surface area contributed by atoms with Gasteiger partial charge >= 0.3 is 0 Å². The molecule has 29 heavy (non-hydrogen) atoms. The fraction of sp³-hybridized carbons (Fsp3) is 0.348. The molecule has 3 aromatic rings. The van der Waals surface area contributed by atoms with Gasteiger partial charge in [0.1, 0.15) is 6.54 Å².